The minimum Gasteiger partial charge on any atom is -0.496 e. The van der Waals surface area contributed by atoms with Gasteiger partial charge in [0.05, 0.1) is 13.2 Å². The molecular weight excluding hydrogens is 328 g/mol. The van der Waals surface area contributed by atoms with Crippen LogP contribution in [0.3, 0.4) is 0 Å². The number of aromatic nitrogens is 1. The van der Waals surface area contributed by atoms with Crippen LogP contribution in [0.25, 0.3) is 0 Å². The number of carbonyl (C=O) groups excluding carboxylic acids is 1. The molecule has 0 radical (unpaired) electrons. The Bertz CT molecular complexity index is 808. The third-order valence-electron chi connectivity index (χ3n) is 5.18. The fraction of sp³-hybridized carbons (Fsp3) is 0.400. The average molecular weight is 352 g/mol. The molecular formula is C20H24N4O2. The molecule has 6 heteroatoms. The number of ether oxygens (including phenoxy) is 1. The molecule has 2 heterocycles. The molecule has 0 saturated carbocycles. The molecule has 1 amide bonds. The van der Waals surface area contributed by atoms with Crippen LogP contribution in [-0.4, -0.2) is 24.0 Å². The lowest BCUT2D eigenvalue weighted by molar-refractivity contribution is -0.123. The molecule has 1 saturated heterocycles. The van der Waals surface area contributed by atoms with Crippen LogP contribution in [-0.2, 0) is 24.2 Å². The smallest absolute Gasteiger partial charge is 0.238 e. The number of nitrogens with one attached hydrogen (secondary N) is 3. The number of fused-ring (bicyclic) bond motifs is 1. The first-order valence-corrected chi connectivity index (χ1v) is 9.13. The van der Waals surface area contributed by atoms with Crippen molar-refractivity contribution in [3.63, 3.8) is 0 Å². The molecule has 1 aliphatic carbocycles. The molecule has 1 aliphatic heterocycles. The van der Waals surface area contributed by atoms with Crippen molar-refractivity contribution in [3.05, 3.63) is 58.9 Å². The number of hydrogen-bond donors (Lipinski definition) is 3. The lowest BCUT2D eigenvalue weighted by atomic mass is 10.0. The van der Waals surface area contributed by atoms with E-state index in [0.717, 1.165) is 29.7 Å². The van der Waals surface area contributed by atoms with Gasteiger partial charge < -0.3 is 10.1 Å². The summed E-state index contributed by atoms with van der Waals surface area (Å²) in [4.78, 5) is 17.0. The zero-order valence-corrected chi connectivity index (χ0v) is 14.9. The molecule has 6 nitrogen and oxygen atoms in total. The molecule has 3 N–H and O–H groups in total. The van der Waals surface area contributed by atoms with Crippen molar-refractivity contribution in [1.29, 1.82) is 0 Å². The number of aryl methyl sites for hydroxylation is 2. The summed E-state index contributed by atoms with van der Waals surface area (Å²) in [5.41, 5.74) is 11.0. The van der Waals surface area contributed by atoms with Crippen molar-refractivity contribution in [2.75, 3.05) is 7.11 Å². The zero-order valence-electron chi connectivity index (χ0n) is 14.9. The molecule has 0 spiro atoms. The van der Waals surface area contributed by atoms with Crippen LogP contribution in [0.2, 0.25) is 0 Å². The van der Waals surface area contributed by atoms with Gasteiger partial charge in [-0.2, -0.15) is 0 Å². The number of methoxy groups -OCH3 is 1. The van der Waals surface area contributed by atoms with Gasteiger partial charge in [0, 0.05) is 24.0 Å². The van der Waals surface area contributed by atoms with Gasteiger partial charge in [0.15, 0.2) is 0 Å². The maximum Gasteiger partial charge on any atom is 0.238 e. The Hall–Kier alpha value is -2.44. The summed E-state index contributed by atoms with van der Waals surface area (Å²) < 4.78 is 5.42. The molecule has 136 valence electrons. The highest BCUT2D eigenvalue weighted by Crippen LogP contribution is 2.29. The molecule has 1 fully saturated rings. The highest BCUT2D eigenvalue weighted by Gasteiger charge is 2.31. The Labute approximate surface area is 153 Å². The number of nitrogens with zero attached hydrogens (tertiary/aromatic N) is 1. The summed E-state index contributed by atoms with van der Waals surface area (Å²) in [6.07, 6.45) is 5.90. The van der Waals surface area contributed by atoms with Gasteiger partial charge in [-0.15, -0.1) is 0 Å². The molecule has 4 rings (SSSR count). The minimum atomic E-state index is -0.271. The largest absolute Gasteiger partial charge is 0.496 e. The van der Waals surface area contributed by atoms with Crippen LogP contribution in [0.4, 0.5) is 0 Å². The van der Waals surface area contributed by atoms with Gasteiger partial charge in [0.1, 0.15) is 11.8 Å². The fourth-order valence-electron chi connectivity index (χ4n) is 3.77. The third-order valence-corrected chi connectivity index (χ3v) is 5.18. The van der Waals surface area contributed by atoms with E-state index in [1.54, 1.807) is 7.11 Å². The van der Waals surface area contributed by atoms with Gasteiger partial charge >= 0.3 is 0 Å². The number of amides is 1. The van der Waals surface area contributed by atoms with Crippen molar-refractivity contribution in [2.24, 2.45) is 0 Å². The Morgan fingerprint density at radius 3 is 3.08 bits per heavy atom. The van der Waals surface area contributed by atoms with Crippen molar-refractivity contribution >= 4 is 5.91 Å². The van der Waals surface area contributed by atoms with Gasteiger partial charge in [0.2, 0.25) is 5.91 Å². The first-order valence-electron chi connectivity index (χ1n) is 9.13. The second-order valence-corrected chi connectivity index (χ2v) is 6.89. The summed E-state index contributed by atoms with van der Waals surface area (Å²) in [5.74, 6) is 0.826. The van der Waals surface area contributed by atoms with Gasteiger partial charge in [-0.25, -0.2) is 10.9 Å². The van der Waals surface area contributed by atoms with Crippen LogP contribution in [0, 0.1) is 0 Å². The molecule has 0 bridgehead atoms. The third kappa shape index (κ3) is 3.43. The molecule has 26 heavy (non-hydrogen) atoms. The van der Waals surface area contributed by atoms with Gasteiger partial charge in [-0.05, 0) is 42.9 Å². The van der Waals surface area contributed by atoms with E-state index in [4.69, 9.17) is 4.74 Å². The number of hydrazine groups is 1. The second kappa shape index (κ2) is 7.43. The molecule has 2 unspecified atom stereocenters. The molecule has 1 aromatic heterocycles. The van der Waals surface area contributed by atoms with Crippen molar-refractivity contribution in [1.82, 2.24) is 21.2 Å². The van der Waals surface area contributed by atoms with E-state index in [2.05, 4.69) is 27.2 Å². The molecule has 2 aromatic rings. The SMILES string of the molecule is COc1ccccc1C1CC(C(=O)NCc2cnc3c(c2)CCC3)NN1. The van der Waals surface area contributed by atoms with E-state index >= 15 is 0 Å². The molecule has 2 aliphatic rings. The van der Waals surface area contributed by atoms with Crippen LogP contribution in [0.5, 0.6) is 5.75 Å². The second-order valence-electron chi connectivity index (χ2n) is 6.89. The summed E-state index contributed by atoms with van der Waals surface area (Å²) in [6, 6.07) is 9.83. The van der Waals surface area contributed by atoms with E-state index in [1.165, 1.54) is 17.7 Å². The van der Waals surface area contributed by atoms with E-state index < -0.39 is 0 Å². The van der Waals surface area contributed by atoms with Crippen LogP contribution in [0.1, 0.15) is 41.3 Å². The van der Waals surface area contributed by atoms with Gasteiger partial charge in [-0.1, -0.05) is 24.3 Å². The van der Waals surface area contributed by atoms with E-state index in [9.17, 15) is 4.79 Å². The van der Waals surface area contributed by atoms with Gasteiger partial charge in [-0.3, -0.25) is 9.78 Å². The highest BCUT2D eigenvalue weighted by molar-refractivity contribution is 5.82. The van der Waals surface area contributed by atoms with E-state index in [1.807, 2.05) is 30.5 Å². The van der Waals surface area contributed by atoms with E-state index in [-0.39, 0.29) is 18.0 Å². The quantitative estimate of drug-likeness (QED) is 0.765. The summed E-state index contributed by atoms with van der Waals surface area (Å²) >= 11 is 0. The fourth-order valence-corrected chi connectivity index (χ4v) is 3.77. The predicted octanol–water partition coefficient (Wildman–Crippen LogP) is 1.80. The zero-order chi connectivity index (χ0) is 17.9. The maximum atomic E-state index is 12.5. The summed E-state index contributed by atoms with van der Waals surface area (Å²) in [6.45, 7) is 0.511. The average Bonchev–Trinajstić information content (AvgIpc) is 3.35. The minimum absolute atomic E-state index is 0.00426. The number of benzene rings is 1. The topological polar surface area (TPSA) is 75.3 Å². The Morgan fingerprint density at radius 1 is 1.31 bits per heavy atom. The maximum absolute atomic E-state index is 12.5. The molecule has 1 aromatic carbocycles. The standard InChI is InChI=1S/C20H24N4O2/c1-26-19-8-3-2-6-15(19)17-10-18(24-23-17)20(25)22-12-13-9-14-5-4-7-16(14)21-11-13/h2-3,6,8-9,11,17-18,23-24H,4-5,7,10,12H2,1H3,(H,22,25). The Morgan fingerprint density at radius 2 is 2.19 bits per heavy atom. The first kappa shape index (κ1) is 17.0. The summed E-state index contributed by atoms with van der Waals surface area (Å²) in [7, 11) is 1.66. The van der Waals surface area contributed by atoms with E-state index in [0.29, 0.717) is 13.0 Å². The Balaban J connectivity index is 1.34. The van der Waals surface area contributed by atoms with Crippen molar-refractivity contribution < 1.29 is 9.53 Å². The van der Waals surface area contributed by atoms with Crippen LogP contribution >= 0.6 is 0 Å². The summed E-state index contributed by atoms with van der Waals surface area (Å²) in [5, 5.41) is 3.02. The number of para-hydroxylation sites is 1. The lowest BCUT2D eigenvalue weighted by Gasteiger charge is -2.14. The number of carbonyl (C=O) groups is 1. The lowest BCUT2D eigenvalue weighted by Crippen LogP contribution is -2.42. The van der Waals surface area contributed by atoms with Gasteiger partial charge in [0.25, 0.3) is 0 Å². The normalized spacial score (nSPS) is 21.4. The van der Waals surface area contributed by atoms with Crippen molar-refractivity contribution in [3.8, 4) is 5.75 Å². The Kier molecular flexibility index (Phi) is 4.86. The highest BCUT2D eigenvalue weighted by atomic mass is 16.5. The van der Waals surface area contributed by atoms with Crippen LogP contribution < -0.4 is 20.9 Å². The van der Waals surface area contributed by atoms with Crippen molar-refractivity contribution in [2.45, 2.75) is 44.3 Å². The predicted molar refractivity (Wildman–Crippen MR) is 98.5 cm³/mol. The number of rotatable bonds is 5. The first-order chi connectivity index (χ1) is 12.7. The van der Waals surface area contributed by atoms with Crippen LogP contribution in [0.15, 0.2) is 36.5 Å². The monoisotopic (exact) mass is 352 g/mol. The molecule has 2 atom stereocenters. The number of hydrogen-bond acceptors (Lipinski definition) is 5. The number of pyridine rings is 1.